The lowest BCUT2D eigenvalue weighted by Crippen LogP contribution is -2.39. The topological polar surface area (TPSA) is 76.7 Å². The van der Waals surface area contributed by atoms with Crippen LogP contribution in [0, 0.1) is 5.92 Å². The van der Waals surface area contributed by atoms with Gasteiger partial charge in [0.25, 0.3) is 0 Å². The first-order chi connectivity index (χ1) is 10.4. The van der Waals surface area contributed by atoms with Crippen molar-refractivity contribution in [1.29, 1.82) is 0 Å². The predicted molar refractivity (Wildman–Crippen MR) is 78.5 cm³/mol. The molecular formula is C15H21N5O. The van der Waals surface area contributed by atoms with Crippen molar-refractivity contribution >= 4 is 0 Å². The van der Waals surface area contributed by atoms with Gasteiger partial charge in [0.15, 0.2) is 0 Å². The van der Waals surface area contributed by atoms with Crippen LogP contribution in [0.5, 0.6) is 0 Å². The molecule has 2 heterocycles. The predicted octanol–water partition coefficient (Wildman–Crippen LogP) is 2.24. The summed E-state index contributed by atoms with van der Waals surface area (Å²) >= 11 is 0. The van der Waals surface area contributed by atoms with E-state index in [4.69, 9.17) is 4.52 Å². The smallest absolute Gasteiger partial charge is 0.227 e. The van der Waals surface area contributed by atoms with Gasteiger partial charge in [-0.3, -0.25) is 0 Å². The van der Waals surface area contributed by atoms with E-state index in [9.17, 15) is 0 Å². The van der Waals surface area contributed by atoms with Crippen LogP contribution in [0.3, 0.4) is 0 Å². The van der Waals surface area contributed by atoms with E-state index >= 15 is 0 Å². The summed E-state index contributed by atoms with van der Waals surface area (Å²) < 4.78 is 5.40. The molecule has 0 amide bonds. The van der Waals surface area contributed by atoms with Gasteiger partial charge in [0.2, 0.25) is 11.7 Å². The van der Waals surface area contributed by atoms with E-state index in [-0.39, 0.29) is 0 Å². The lowest BCUT2D eigenvalue weighted by molar-refractivity contribution is 0.242. The average molecular weight is 287 g/mol. The highest BCUT2D eigenvalue weighted by atomic mass is 16.5. The first-order valence-electron chi connectivity index (χ1n) is 7.69. The van der Waals surface area contributed by atoms with E-state index in [1.54, 1.807) is 12.3 Å². The highest BCUT2D eigenvalue weighted by molar-refractivity contribution is 5.46. The number of hydrogen-bond acceptors (Lipinski definition) is 6. The molecule has 1 aliphatic carbocycles. The van der Waals surface area contributed by atoms with Crippen LogP contribution in [0.4, 0.5) is 0 Å². The zero-order chi connectivity index (χ0) is 14.5. The quantitative estimate of drug-likeness (QED) is 0.908. The Morgan fingerprint density at radius 2 is 2.24 bits per heavy atom. The molecule has 2 unspecified atom stereocenters. The number of nitrogens with zero attached hydrogens (tertiary/aromatic N) is 4. The minimum Gasteiger partial charge on any atom is -0.339 e. The molecule has 1 fully saturated rings. The molecule has 0 radical (unpaired) electrons. The van der Waals surface area contributed by atoms with Gasteiger partial charge in [-0.05, 0) is 31.4 Å². The zero-order valence-corrected chi connectivity index (χ0v) is 12.3. The number of nitrogens with one attached hydrogen (secondary N) is 1. The van der Waals surface area contributed by atoms with Crippen LogP contribution in [0.25, 0.3) is 11.5 Å². The molecule has 112 valence electrons. The molecule has 6 nitrogen and oxygen atoms in total. The Morgan fingerprint density at radius 1 is 1.33 bits per heavy atom. The monoisotopic (exact) mass is 287 g/mol. The highest BCUT2D eigenvalue weighted by Crippen LogP contribution is 2.27. The SMILES string of the molecule is CCNC1CCCCC1Cc1nc(-c2ccncn2)no1. The minimum absolute atomic E-state index is 0.545. The van der Waals surface area contributed by atoms with Crippen LogP contribution in [0.1, 0.15) is 38.5 Å². The molecule has 0 aromatic carbocycles. The molecule has 1 N–H and O–H groups in total. The van der Waals surface area contributed by atoms with E-state index in [1.165, 1.54) is 32.0 Å². The zero-order valence-electron chi connectivity index (χ0n) is 12.3. The van der Waals surface area contributed by atoms with Crippen molar-refractivity contribution in [3.8, 4) is 11.5 Å². The third kappa shape index (κ3) is 3.44. The van der Waals surface area contributed by atoms with Gasteiger partial charge in [-0.15, -0.1) is 0 Å². The summed E-state index contributed by atoms with van der Waals surface area (Å²) in [4.78, 5) is 12.5. The number of rotatable bonds is 5. The van der Waals surface area contributed by atoms with Gasteiger partial charge in [-0.2, -0.15) is 4.98 Å². The summed E-state index contributed by atoms with van der Waals surface area (Å²) in [5.41, 5.74) is 0.701. The van der Waals surface area contributed by atoms with Crippen molar-refractivity contribution in [2.24, 2.45) is 5.92 Å². The van der Waals surface area contributed by atoms with Crippen molar-refractivity contribution in [2.45, 2.75) is 45.1 Å². The molecule has 21 heavy (non-hydrogen) atoms. The van der Waals surface area contributed by atoms with Gasteiger partial charge in [-0.1, -0.05) is 24.9 Å². The Kier molecular flexibility index (Phi) is 4.55. The number of hydrogen-bond donors (Lipinski definition) is 1. The van der Waals surface area contributed by atoms with Crippen LogP contribution in [0.15, 0.2) is 23.1 Å². The van der Waals surface area contributed by atoms with E-state index < -0.39 is 0 Å². The van der Waals surface area contributed by atoms with Crippen LogP contribution < -0.4 is 5.32 Å². The molecule has 0 saturated heterocycles. The van der Waals surface area contributed by atoms with Crippen molar-refractivity contribution in [2.75, 3.05) is 6.54 Å². The third-order valence-electron chi connectivity index (χ3n) is 4.09. The lowest BCUT2D eigenvalue weighted by Gasteiger charge is -2.31. The second-order valence-electron chi connectivity index (χ2n) is 5.52. The third-order valence-corrected chi connectivity index (χ3v) is 4.09. The van der Waals surface area contributed by atoms with Crippen LogP contribution in [-0.4, -0.2) is 32.7 Å². The number of aromatic nitrogens is 4. The van der Waals surface area contributed by atoms with Crippen molar-refractivity contribution in [3.63, 3.8) is 0 Å². The molecule has 0 bridgehead atoms. The average Bonchev–Trinajstić information content (AvgIpc) is 2.99. The molecule has 2 atom stereocenters. The summed E-state index contributed by atoms with van der Waals surface area (Å²) in [6.07, 6.45) is 9.09. The molecule has 2 aromatic heterocycles. The summed E-state index contributed by atoms with van der Waals surface area (Å²) in [5, 5.41) is 7.61. The Morgan fingerprint density at radius 3 is 3.05 bits per heavy atom. The Balaban J connectivity index is 1.69. The van der Waals surface area contributed by atoms with Gasteiger partial charge < -0.3 is 9.84 Å². The van der Waals surface area contributed by atoms with Crippen molar-refractivity contribution < 1.29 is 4.52 Å². The standard InChI is InChI=1S/C15H21N5O/c1-2-17-12-6-4-3-5-11(12)9-14-19-15(20-21-14)13-7-8-16-10-18-13/h7-8,10-12,17H,2-6,9H2,1H3. The maximum atomic E-state index is 5.40. The Labute approximate surface area is 124 Å². The fraction of sp³-hybridized carbons (Fsp3) is 0.600. The van der Waals surface area contributed by atoms with Gasteiger partial charge >= 0.3 is 0 Å². The van der Waals surface area contributed by atoms with Crippen molar-refractivity contribution in [1.82, 2.24) is 25.4 Å². The summed E-state index contributed by atoms with van der Waals surface area (Å²) in [6, 6.07) is 2.36. The Bertz CT molecular complexity index is 554. The van der Waals surface area contributed by atoms with Crippen molar-refractivity contribution in [3.05, 3.63) is 24.5 Å². The minimum atomic E-state index is 0.545. The second kappa shape index (κ2) is 6.76. The van der Waals surface area contributed by atoms with E-state index in [0.717, 1.165) is 13.0 Å². The van der Waals surface area contributed by atoms with Gasteiger partial charge in [-0.25, -0.2) is 9.97 Å². The second-order valence-corrected chi connectivity index (χ2v) is 5.52. The largest absolute Gasteiger partial charge is 0.339 e. The van der Waals surface area contributed by atoms with E-state index in [0.29, 0.717) is 29.4 Å². The fourth-order valence-corrected chi connectivity index (χ4v) is 3.07. The van der Waals surface area contributed by atoms with Crippen LogP contribution in [-0.2, 0) is 6.42 Å². The van der Waals surface area contributed by atoms with Gasteiger partial charge in [0, 0.05) is 18.7 Å². The van der Waals surface area contributed by atoms with E-state index in [2.05, 4.69) is 32.3 Å². The van der Waals surface area contributed by atoms with E-state index in [1.807, 2.05) is 0 Å². The molecule has 1 aliphatic rings. The summed E-state index contributed by atoms with van der Waals surface area (Å²) in [7, 11) is 0. The summed E-state index contributed by atoms with van der Waals surface area (Å²) in [5.74, 6) is 1.83. The first kappa shape index (κ1) is 14.1. The molecule has 3 rings (SSSR count). The maximum Gasteiger partial charge on any atom is 0.227 e. The van der Waals surface area contributed by atoms with Crippen LogP contribution in [0.2, 0.25) is 0 Å². The molecule has 0 aliphatic heterocycles. The molecule has 1 saturated carbocycles. The first-order valence-corrected chi connectivity index (χ1v) is 7.69. The maximum absolute atomic E-state index is 5.40. The molecule has 0 spiro atoms. The normalized spacial score (nSPS) is 22.3. The summed E-state index contributed by atoms with van der Waals surface area (Å²) in [6.45, 7) is 3.17. The fourth-order valence-electron chi connectivity index (χ4n) is 3.07. The van der Waals surface area contributed by atoms with Crippen LogP contribution >= 0.6 is 0 Å². The Hall–Kier alpha value is -1.82. The van der Waals surface area contributed by atoms with Gasteiger partial charge in [0.1, 0.15) is 12.0 Å². The highest BCUT2D eigenvalue weighted by Gasteiger charge is 2.26. The lowest BCUT2D eigenvalue weighted by atomic mass is 9.82. The molecular weight excluding hydrogens is 266 g/mol. The van der Waals surface area contributed by atoms with Gasteiger partial charge in [0.05, 0.1) is 0 Å². The molecule has 2 aromatic rings. The molecule has 6 heteroatoms.